The Bertz CT molecular complexity index is 784. The average Bonchev–Trinajstić information content (AvgIpc) is 2.35. The van der Waals surface area contributed by atoms with Crippen LogP contribution in [0.25, 0.3) is 10.8 Å². The van der Waals surface area contributed by atoms with Crippen molar-refractivity contribution in [3.63, 3.8) is 0 Å². The maximum atomic E-state index is 6.20. The van der Waals surface area contributed by atoms with E-state index in [4.69, 9.17) is 11.6 Å². The molecule has 0 radical (unpaired) electrons. The van der Waals surface area contributed by atoms with Crippen LogP contribution in [-0.2, 0) is 10.8 Å². The fourth-order valence-corrected chi connectivity index (χ4v) is 2.98. The standard InChI is InChI=1S/C19H23ClN2/c1-18(2,3)12-7-11-8-13(19(4,5)6)10-15-16(11)14(9-12)21-17(20)22-15/h7-10H,1-6H3,(H,21,22). The van der Waals surface area contributed by atoms with Crippen molar-refractivity contribution in [3.05, 3.63) is 35.4 Å². The van der Waals surface area contributed by atoms with Gasteiger partial charge in [0.05, 0.1) is 11.4 Å². The molecule has 2 nitrogen and oxygen atoms in total. The van der Waals surface area contributed by atoms with Crippen molar-refractivity contribution in [2.75, 3.05) is 5.32 Å². The minimum atomic E-state index is 0.0788. The Labute approximate surface area is 137 Å². The number of nitrogens with zero attached hydrogens (tertiary/aromatic N) is 1. The quantitative estimate of drug-likeness (QED) is 0.585. The van der Waals surface area contributed by atoms with Crippen LogP contribution in [0.5, 0.6) is 0 Å². The van der Waals surface area contributed by atoms with E-state index in [0.29, 0.717) is 5.29 Å². The van der Waals surface area contributed by atoms with Gasteiger partial charge in [-0.1, -0.05) is 53.7 Å². The molecule has 1 heterocycles. The van der Waals surface area contributed by atoms with Crippen LogP contribution in [0.1, 0.15) is 52.7 Å². The Kier molecular flexibility index (Phi) is 3.30. The van der Waals surface area contributed by atoms with Crippen LogP contribution in [0, 0.1) is 0 Å². The number of benzene rings is 2. The highest BCUT2D eigenvalue weighted by Gasteiger charge is 2.23. The Morgan fingerprint density at radius 1 is 0.864 bits per heavy atom. The highest BCUT2D eigenvalue weighted by atomic mass is 35.5. The molecular formula is C19H23ClN2. The zero-order valence-corrected chi connectivity index (χ0v) is 14.9. The van der Waals surface area contributed by atoms with Gasteiger partial charge in [-0.15, -0.1) is 0 Å². The lowest BCUT2D eigenvalue weighted by Crippen LogP contribution is -2.15. The lowest BCUT2D eigenvalue weighted by Gasteiger charge is -2.26. The van der Waals surface area contributed by atoms with Crippen LogP contribution in [-0.4, -0.2) is 5.29 Å². The molecule has 0 atom stereocenters. The summed E-state index contributed by atoms with van der Waals surface area (Å²) in [7, 11) is 0. The Morgan fingerprint density at radius 3 is 1.95 bits per heavy atom. The van der Waals surface area contributed by atoms with E-state index in [9.17, 15) is 0 Å². The van der Waals surface area contributed by atoms with E-state index < -0.39 is 0 Å². The molecular weight excluding hydrogens is 292 g/mol. The monoisotopic (exact) mass is 314 g/mol. The second-order valence-corrected chi connectivity index (χ2v) is 8.50. The van der Waals surface area contributed by atoms with E-state index in [2.05, 4.69) is 76.1 Å². The molecule has 1 N–H and O–H groups in total. The molecule has 22 heavy (non-hydrogen) atoms. The third-order valence-electron chi connectivity index (χ3n) is 4.22. The molecule has 0 fully saturated rings. The number of amidine groups is 1. The first-order valence-electron chi connectivity index (χ1n) is 7.70. The van der Waals surface area contributed by atoms with Gasteiger partial charge in [0, 0.05) is 5.39 Å². The van der Waals surface area contributed by atoms with Crippen LogP contribution in [0.2, 0.25) is 0 Å². The Balaban J connectivity index is 2.38. The number of anilines is 1. The maximum Gasteiger partial charge on any atom is 0.200 e. The molecule has 0 saturated carbocycles. The average molecular weight is 315 g/mol. The molecule has 2 aromatic rings. The van der Waals surface area contributed by atoms with E-state index in [1.807, 2.05) is 0 Å². The fraction of sp³-hybridized carbons (Fsp3) is 0.421. The SMILES string of the molecule is CC(C)(C)c1cc2c3c(cc(C(C)(C)C)cc3c1)NC(Cl)=N2. The summed E-state index contributed by atoms with van der Waals surface area (Å²) in [6.07, 6.45) is 0. The summed E-state index contributed by atoms with van der Waals surface area (Å²) in [5.74, 6) is 0. The van der Waals surface area contributed by atoms with Crippen LogP contribution in [0.4, 0.5) is 11.4 Å². The number of rotatable bonds is 0. The highest BCUT2D eigenvalue weighted by molar-refractivity contribution is 6.68. The molecule has 0 aromatic heterocycles. The van der Waals surface area contributed by atoms with Crippen molar-refractivity contribution < 1.29 is 0 Å². The molecule has 3 heteroatoms. The van der Waals surface area contributed by atoms with Crippen molar-refractivity contribution in [1.82, 2.24) is 0 Å². The van der Waals surface area contributed by atoms with Crippen molar-refractivity contribution in [2.24, 2.45) is 4.99 Å². The summed E-state index contributed by atoms with van der Waals surface area (Å²) < 4.78 is 0. The fourth-order valence-electron chi connectivity index (χ4n) is 2.79. The summed E-state index contributed by atoms with van der Waals surface area (Å²) in [4.78, 5) is 4.50. The second-order valence-electron chi connectivity index (χ2n) is 8.14. The summed E-state index contributed by atoms with van der Waals surface area (Å²) in [5, 5.41) is 6.03. The topological polar surface area (TPSA) is 24.4 Å². The van der Waals surface area contributed by atoms with Gasteiger partial charge in [0.1, 0.15) is 0 Å². The third kappa shape index (κ3) is 2.61. The minimum absolute atomic E-state index is 0.0788. The van der Waals surface area contributed by atoms with Crippen LogP contribution in [0.15, 0.2) is 29.3 Å². The molecule has 1 aliphatic rings. The van der Waals surface area contributed by atoms with Gasteiger partial charge in [0.15, 0.2) is 0 Å². The van der Waals surface area contributed by atoms with Crippen LogP contribution in [0.3, 0.4) is 0 Å². The summed E-state index contributed by atoms with van der Waals surface area (Å²) in [5.41, 5.74) is 4.76. The zero-order valence-electron chi connectivity index (χ0n) is 14.1. The van der Waals surface area contributed by atoms with Gasteiger partial charge in [-0.3, -0.25) is 0 Å². The third-order valence-corrected chi connectivity index (χ3v) is 4.40. The van der Waals surface area contributed by atoms with Gasteiger partial charge in [0.2, 0.25) is 5.29 Å². The normalized spacial score (nSPS) is 14.8. The number of nitrogens with one attached hydrogen (secondary N) is 1. The number of hydrogen-bond donors (Lipinski definition) is 1. The number of aliphatic imine (C=N–C) groups is 1. The van der Waals surface area contributed by atoms with Gasteiger partial charge in [-0.2, -0.15) is 0 Å². The first-order valence-corrected chi connectivity index (χ1v) is 8.07. The highest BCUT2D eigenvalue weighted by Crippen LogP contribution is 2.42. The van der Waals surface area contributed by atoms with Crippen LogP contribution >= 0.6 is 11.6 Å². The number of halogens is 1. The first kappa shape index (κ1) is 15.4. The van der Waals surface area contributed by atoms with Crippen molar-refractivity contribution >= 4 is 39.0 Å². The molecule has 116 valence electrons. The molecule has 0 unspecified atom stereocenters. The lowest BCUT2D eigenvalue weighted by molar-refractivity contribution is 0.589. The molecule has 0 aliphatic carbocycles. The van der Waals surface area contributed by atoms with E-state index in [1.54, 1.807) is 0 Å². The van der Waals surface area contributed by atoms with Crippen molar-refractivity contribution in [3.8, 4) is 0 Å². The van der Waals surface area contributed by atoms with Gasteiger partial charge in [-0.05, 0) is 51.1 Å². The first-order chi connectivity index (χ1) is 10.1. The molecule has 2 aromatic carbocycles. The predicted molar refractivity (Wildman–Crippen MR) is 97.9 cm³/mol. The molecule has 0 amide bonds. The molecule has 0 spiro atoms. The molecule has 3 rings (SSSR count). The summed E-state index contributed by atoms with van der Waals surface area (Å²) in [6.45, 7) is 13.4. The van der Waals surface area contributed by atoms with E-state index in [-0.39, 0.29) is 10.8 Å². The van der Waals surface area contributed by atoms with E-state index in [0.717, 1.165) is 16.8 Å². The van der Waals surface area contributed by atoms with Gasteiger partial charge in [0.25, 0.3) is 0 Å². The van der Waals surface area contributed by atoms with Gasteiger partial charge >= 0.3 is 0 Å². The van der Waals surface area contributed by atoms with Crippen LogP contribution < -0.4 is 5.32 Å². The zero-order chi connectivity index (χ0) is 16.3. The Hall–Kier alpha value is -1.54. The van der Waals surface area contributed by atoms with Gasteiger partial charge < -0.3 is 5.32 Å². The predicted octanol–water partition coefficient (Wildman–Crippen LogP) is 6.09. The molecule has 0 saturated heterocycles. The summed E-state index contributed by atoms with van der Waals surface area (Å²) >= 11 is 6.20. The van der Waals surface area contributed by atoms with Crippen molar-refractivity contribution in [2.45, 2.75) is 52.4 Å². The smallest absolute Gasteiger partial charge is 0.200 e. The van der Waals surface area contributed by atoms with Gasteiger partial charge in [-0.25, -0.2) is 4.99 Å². The summed E-state index contributed by atoms with van der Waals surface area (Å²) in [6, 6.07) is 8.92. The molecule has 0 bridgehead atoms. The maximum absolute atomic E-state index is 6.20. The lowest BCUT2D eigenvalue weighted by atomic mass is 9.82. The number of hydrogen-bond acceptors (Lipinski definition) is 2. The van der Waals surface area contributed by atoms with Crippen molar-refractivity contribution in [1.29, 1.82) is 0 Å². The molecule has 1 aliphatic heterocycles. The second kappa shape index (κ2) is 4.73. The minimum Gasteiger partial charge on any atom is -0.330 e. The van der Waals surface area contributed by atoms with E-state index in [1.165, 1.54) is 16.5 Å². The largest absolute Gasteiger partial charge is 0.330 e. The van der Waals surface area contributed by atoms with E-state index >= 15 is 0 Å². The Morgan fingerprint density at radius 2 is 1.41 bits per heavy atom.